The molecule has 0 aliphatic carbocycles. The summed E-state index contributed by atoms with van der Waals surface area (Å²) in [5.41, 5.74) is 0.973. The zero-order valence-corrected chi connectivity index (χ0v) is 12.7. The van der Waals surface area contributed by atoms with Crippen LogP contribution in [-0.4, -0.2) is 26.6 Å². The second-order valence-corrected chi connectivity index (χ2v) is 4.56. The van der Waals surface area contributed by atoms with Crippen molar-refractivity contribution in [2.75, 3.05) is 20.3 Å². The largest absolute Gasteiger partial charge is 0.497 e. The summed E-state index contributed by atoms with van der Waals surface area (Å²) in [7, 11) is 1.67. The molecule has 0 radical (unpaired) electrons. The highest BCUT2D eigenvalue weighted by molar-refractivity contribution is 5.85. The van der Waals surface area contributed by atoms with Crippen molar-refractivity contribution in [2.45, 2.75) is 20.1 Å². The Hall–Kier alpha value is -2.02. The molecule has 0 N–H and O–H groups in total. The van der Waals surface area contributed by atoms with E-state index in [-0.39, 0.29) is 6.29 Å². The number of hydrogen-bond donors (Lipinski definition) is 0. The van der Waals surface area contributed by atoms with E-state index in [9.17, 15) is 0 Å². The number of benzene rings is 2. The zero-order valence-electron chi connectivity index (χ0n) is 12.7. The van der Waals surface area contributed by atoms with Crippen LogP contribution in [0.4, 0.5) is 0 Å². The first-order valence-electron chi connectivity index (χ1n) is 7.03. The summed E-state index contributed by atoms with van der Waals surface area (Å²) in [6.45, 7) is 4.81. The third kappa shape index (κ3) is 4.49. The number of ether oxygens (including phenoxy) is 3. The van der Waals surface area contributed by atoms with Gasteiger partial charge in [0.1, 0.15) is 12.4 Å². The van der Waals surface area contributed by atoms with Gasteiger partial charge in [-0.3, -0.25) is 0 Å². The number of fused-ring (bicyclic) bond motifs is 1. The van der Waals surface area contributed by atoms with Crippen molar-refractivity contribution in [1.29, 1.82) is 0 Å². The minimum atomic E-state index is -0.214. The Kier molecular flexibility index (Phi) is 5.62. The summed E-state index contributed by atoms with van der Waals surface area (Å²) >= 11 is 0. The molecule has 0 amide bonds. The van der Waals surface area contributed by atoms with Crippen molar-refractivity contribution in [3.05, 3.63) is 42.0 Å². The highest BCUT2D eigenvalue weighted by atomic mass is 16.7. The van der Waals surface area contributed by atoms with Crippen molar-refractivity contribution in [3.8, 4) is 17.6 Å². The van der Waals surface area contributed by atoms with Gasteiger partial charge in [-0.05, 0) is 48.9 Å². The Morgan fingerprint density at radius 1 is 1.05 bits per heavy atom. The molecule has 110 valence electrons. The van der Waals surface area contributed by atoms with Crippen molar-refractivity contribution in [2.24, 2.45) is 0 Å². The first kappa shape index (κ1) is 15.4. The molecular weight excluding hydrogens is 264 g/mol. The molecule has 0 aromatic heterocycles. The van der Waals surface area contributed by atoms with Crippen LogP contribution in [0.2, 0.25) is 0 Å². The van der Waals surface area contributed by atoms with Gasteiger partial charge in [-0.25, -0.2) is 0 Å². The Bertz CT molecular complexity index is 652. The molecule has 0 aliphatic rings. The highest BCUT2D eigenvalue weighted by Crippen LogP contribution is 2.21. The average molecular weight is 284 g/mol. The minimum absolute atomic E-state index is 0.214. The van der Waals surface area contributed by atoms with Gasteiger partial charge in [0, 0.05) is 12.2 Å². The third-order valence-corrected chi connectivity index (χ3v) is 3.07. The molecule has 3 nitrogen and oxygen atoms in total. The minimum Gasteiger partial charge on any atom is -0.497 e. The lowest BCUT2D eigenvalue weighted by atomic mass is 10.1. The van der Waals surface area contributed by atoms with E-state index in [1.165, 1.54) is 0 Å². The summed E-state index contributed by atoms with van der Waals surface area (Å²) in [6, 6.07) is 12.1. The topological polar surface area (TPSA) is 27.7 Å². The molecule has 0 saturated heterocycles. The van der Waals surface area contributed by atoms with Gasteiger partial charge in [0.05, 0.1) is 7.11 Å². The van der Waals surface area contributed by atoms with Crippen molar-refractivity contribution >= 4 is 10.8 Å². The average Bonchev–Trinajstić information content (AvgIpc) is 2.51. The quantitative estimate of drug-likeness (QED) is 0.620. The maximum absolute atomic E-state index is 5.41. The van der Waals surface area contributed by atoms with Crippen LogP contribution in [0.25, 0.3) is 10.8 Å². The van der Waals surface area contributed by atoms with Crippen LogP contribution in [-0.2, 0) is 9.47 Å². The van der Waals surface area contributed by atoms with E-state index in [0.717, 1.165) is 22.1 Å². The molecule has 2 aromatic rings. The third-order valence-electron chi connectivity index (χ3n) is 3.07. The lowest BCUT2D eigenvalue weighted by molar-refractivity contribution is -0.117. The van der Waals surface area contributed by atoms with Crippen LogP contribution in [0.1, 0.15) is 19.4 Å². The Labute approximate surface area is 125 Å². The standard InChI is InChI=1S/C18H20O3/c1-4-20-14(2)21-11-5-6-15-7-8-17-13-18(19-3)10-9-16(17)12-15/h7-10,12-14H,4,11H2,1-3H3. The van der Waals surface area contributed by atoms with E-state index in [1.807, 2.05) is 44.2 Å². The van der Waals surface area contributed by atoms with Crippen molar-refractivity contribution in [1.82, 2.24) is 0 Å². The Morgan fingerprint density at radius 2 is 1.81 bits per heavy atom. The SMILES string of the molecule is CCOC(C)OCC#Cc1ccc2cc(OC)ccc2c1. The fraction of sp³-hybridized carbons (Fsp3) is 0.333. The number of rotatable bonds is 5. The molecule has 1 unspecified atom stereocenters. The molecule has 0 aliphatic heterocycles. The lowest BCUT2D eigenvalue weighted by Gasteiger charge is -2.09. The van der Waals surface area contributed by atoms with Crippen molar-refractivity contribution < 1.29 is 14.2 Å². The first-order chi connectivity index (χ1) is 10.2. The predicted octanol–water partition coefficient (Wildman–Crippen LogP) is 3.60. The van der Waals surface area contributed by atoms with Crippen LogP contribution in [0.3, 0.4) is 0 Å². The monoisotopic (exact) mass is 284 g/mol. The van der Waals surface area contributed by atoms with E-state index < -0.39 is 0 Å². The molecule has 2 aromatic carbocycles. The number of hydrogen-bond acceptors (Lipinski definition) is 3. The van der Waals surface area contributed by atoms with E-state index in [2.05, 4.69) is 17.9 Å². The molecular formula is C18H20O3. The van der Waals surface area contributed by atoms with Gasteiger partial charge < -0.3 is 14.2 Å². The zero-order chi connectivity index (χ0) is 15.1. The summed E-state index contributed by atoms with van der Waals surface area (Å²) in [4.78, 5) is 0. The van der Waals surface area contributed by atoms with E-state index in [0.29, 0.717) is 13.2 Å². The molecule has 0 spiro atoms. The van der Waals surface area contributed by atoms with Gasteiger partial charge in [0.2, 0.25) is 0 Å². The molecule has 0 fully saturated rings. The fourth-order valence-electron chi connectivity index (χ4n) is 2.01. The van der Waals surface area contributed by atoms with Gasteiger partial charge in [0.15, 0.2) is 6.29 Å². The summed E-state index contributed by atoms with van der Waals surface area (Å²) in [5.74, 6) is 6.96. The summed E-state index contributed by atoms with van der Waals surface area (Å²) < 4.78 is 15.9. The summed E-state index contributed by atoms with van der Waals surface area (Å²) in [6.07, 6.45) is -0.214. The molecule has 0 saturated carbocycles. The van der Waals surface area contributed by atoms with Gasteiger partial charge >= 0.3 is 0 Å². The van der Waals surface area contributed by atoms with Crippen molar-refractivity contribution in [3.63, 3.8) is 0 Å². The Balaban J connectivity index is 2.03. The van der Waals surface area contributed by atoms with E-state index in [4.69, 9.17) is 14.2 Å². The molecule has 0 bridgehead atoms. The van der Waals surface area contributed by atoms with Crippen LogP contribution < -0.4 is 4.74 Å². The van der Waals surface area contributed by atoms with Gasteiger partial charge in [0.25, 0.3) is 0 Å². The molecule has 2 rings (SSSR count). The van der Waals surface area contributed by atoms with Gasteiger partial charge in [-0.1, -0.05) is 24.0 Å². The van der Waals surface area contributed by atoms with Crippen LogP contribution >= 0.6 is 0 Å². The van der Waals surface area contributed by atoms with Crippen LogP contribution in [0.5, 0.6) is 5.75 Å². The fourth-order valence-corrected chi connectivity index (χ4v) is 2.01. The Morgan fingerprint density at radius 3 is 2.57 bits per heavy atom. The molecule has 1 atom stereocenters. The smallest absolute Gasteiger partial charge is 0.156 e. The van der Waals surface area contributed by atoms with Crippen LogP contribution in [0, 0.1) is 11.8 Å². The second-order valence-electron chi connectivity index (χ2n) is 4.56. The lowest BCUT2D eigenvalue weighted by Crippen LogP contribution is -2.12. The second kappa shape index (κ2) is 7.68. The van der Waals surface area contributed by atoms with E-state index in [1.54, 1.807) is 7.11 Å². The highest BCUT2D eigenvalue weighted by Gasteiger charge is 1.98. The molecule has 21 heavy (non-hydrogen) atoms. The maximum atomic E-state index is 5.41. The van der Waals surface area contributed by atoms with E-state index >= 15 is 0 Å². The normalized spacial score (nSPS) is 11.8. The van der Waals surface area contributed by atoms with Crippen LogP contribution in [0.15, 0.2) is 36.4 Å². The predicted molar refractivity (Wildman–Crippen MR) is 84.4 cm³/mol. The number of methoxy groups -OCH3 is 1. The maximum Gasteiger partial charge on any atom is 0.156 e. The van der Waals surface area contributed by atoms with Gasteiger partial charge in [-0.2, -0.15) is 0 Å². The molecule has 0 heterocycles. The summed E-state index contributed by atoms with van der Waals surface area (Å²) in [5, 5.41) is 2.28. The van der Waals surface area contributed by atoms with Gasteiger partial charge in [-0.15, -0.1) is 0 Å². The first-order valence-corrected chi connectivity index (χ1v) is 7.03. The molecule has 3 heteroatoms.